The Kier molecular flexibility index (Phi) is 6.59. The number of H-pyrrole nitrogens is 1. The molecule has 7 nitrogen and oxygen atoms in total. The second-order valence-electron chi connectivity index (χ2n) is 9.08. The maximum Gasteiger partial charge on any atom is 0.330 e. The minimum atomic E-state index is -0.200. The number of anilines is 1. The Hall–Kier alpha value is -2.83. The molecule has 3 N–H and O–H groups in total. The second kappa shape index (κ2) is 9.54. The summed E-state index contributed by atoms with van der Waals surface area (Å²) in [5.74, 6) is 0.685. The molecule has 1 aromatic carbocycles. The average Bonchev–Trinajstić information content (AvgIpc) is 3.38. The number of aryl methyl sites for hydroxylation is 1. The number of benzene rings is 1. The summed E-state index contributed by atoms with van der Waals surface area (Å²) in [6.07, 6.45) is 10.4. The zero-order valence-corrected chi connectivity index (χ0v) is 18.2. The summed E-state index contributed by atoms with van der Waals surface area (Å²) in [7, 11) is 0. The van der Waals surface area contributed by atoms with E-state index in [0.717, 1.165) is 37.1 Å². The predicted octanol–water partition coefficient (Wildman–Crippen LogP) is 3.67. The highest BCUT2D eigenvalue weighted by Gasteiger charge is 2.28. The van der Waals surface area contributed by atoms with Crippen LogP contribution >= 0.6 is 0 Å². The SMILES string of the molecule is Cc1c[nH]c(=O)n1-c1cccc(NC(=O)C2CCC(NC(=O)CC3CCCC3)CC2)c1. The number of carbonyl (C=O) groups excluding carboxylic acids is 2. The number of aromatic nitrogens is 2. The fraction of sp³-hybridized carbons (Fsp3) is 0.542. The molecule has 4 rings (SSSR count). The van der Waals surface area contributed by atoms with Crippen LogP contribution in [-0.2, 0) is 9.59 Å². The van der Waals surface area contributed by atoms with Crippen molar-refractivity contribution < 1.29 is 9.59 Å². The largest absolute Gasteiger partial charge is 0.353 e. The van der Waals surface area contributed by atoms with Gasteiger partial charge < -0.3 is 15.6 Å². The van der Waals surface area contributed by atoms with E-state index >= 15 is 0 Å². The minimum Gasteiger partial charge on any atom is -0.353 e. The van der Waals surface area contributed by atoms with Crippen LogP contribution in [0.25, 0.3) is 5.69 Å². The maximum atomic E-state index is 12.8. The van der Waals surface area contributed by atoms with Crippen LogP contribution < -0.4 is 16.3 Å². The number of nitrogens with zero attached hydrogens (tertiary/aromatic N) is 1. The molecule has 1 heterocycles. The molecular formula is C24H32N4O3. The van der Waals surface area contributed by atoms with Crippen LogP contribution in [-0.4, -0.2) is 27.4 Å². The highest BCUT2D eigenvalue weighted by Crippen LogP contribution is 2.29. The van der Waals surface area contributed by atoms with E-state index in [1.807, 2.05) is 31.2 Å². The van der Waals surface area contributed by atoms with Crippen molar-refractivity contribution in [1.29, 1.82) is 0 Å². The van der Waals surface area contributed by atoms with Crippen molar-refractivity contribution in [3.8, 4) is 5.69 Å². The van der Waals surface area contributed by atoms with Gasteiger partial charge in [0, 0.05) is 36.0 Å². The van der Waals surface area contributed by atoms with E-state index in [1.54, 1.807) is 10.8 Å². The Morgan fingerprint density at radius 1 is 1.10 bits per heavy atom. The van der Waals surface area contributed by atoms with Crippen molar-refractivity contribution in [3.05, 3.63) is 46.6 Å². The van der Waals surface area contributed by atoms with E-state index in [0.29, 0.717) is 18.0 Å². The third-order valence-corrected chi connectivity index (χ3v) is 6.74. The van der Waals surface area contributed by atoms with Crippen LogP contribution in [0.2, 0.25) is 0 Å². The molecule has 2 aliphatic carbocycles. The lowest BCUT2D eigenvalue weighted by Gasteiger charge is -2.28. The molecule has 166 valence electrons. The van der Waals surface area contributed by atoms with Crippen LogP contribution in [0.3, 0.4) is 0 Å². The topological polar surface area (TPSA) is 96.0 Å². The van der Waals surface area contributed by atoms with Gasteiger partial charge in [-0.05, 0) is 69.6 Å². The maximum absolute atomic E-state index is 12.8. The van der Waals surface area contributed by atoms with Crippen molar-refractivity contribution in [1.82, 2.24) is 14.9 Å². The average molecular weight is 425 g/mol. The molecule has 2 saturated carbocycles. The van der Waals surface area contributed by atoms with Gasteiger partial charge in [-0.3, -0.25) is 14.2 Å². The van der Waals surface area contributed by atoms with Gasteiger partial charge in [-0.15, -0.1) is 0 Å². The lowest BCUT2D eigenvalue weighted by atomic mass is 9.85. The molecule has 2 amide bonds. The van der Waals surface area contributed by atoms with Gasteiger partial charge in [0.05, 0.1) is 5.69 Å². The molecule has 0 saturated heterocycles. The van der Waals surface area contributed by atoms with Crippen molar-refractivity contribution >= 4 is 17.5 Å². The fourth-order valence-corrected chi connectivity index (χ4v) is 5.01. The number of amides is 2. The molecule has 0 bridgehead atoms. The summed E-state index contributed by atoms with van der Waals surface area (Å²) < 4.78 is 1.58. The van der Waals surface area contributed by atoms with Crippen LogP contribution in [0, 0.1) is 18.8 Å². The van der Waals surface area contributed by atoms with E-state index in [-0.39, 0.29) is 29.5 Å². The predicted molar refractivity (Wildman–Crippen MR) is 120 cm³/mol. The highest BCUT2D eigenvalue weighted by atomic mass is 16.2. The van der Waals surface area contributed by atoms with E-state index in [1.165, 1.54) is 25.7 Å². The van der Waals surface area contributed by atoms with Crippen LogP contribution in [0.5, 0.6) is 0 Å². The summed E-state index contributed by atoms with van der Waals surface area (Å²) in [6.45, 7) is 1.86. The van der Waals surface area contributed by atoms with Gasteiger partial charge in [0.2, 0.25) is 11.8 Å². The summed E-state index contributed by atoms with van der Waals surface area (Å²) >= 11 is 0. The normalized spacial score (nSPS) is 21.7. The molecule has 7 heteroatoms. The van der Waals surface area contributed by atoms with Gasteiger partial charge in [0.15, 0.2) is 0 Å². The molecule has 0 aliphatic heterocycles. The van der Waals surface area contributed by atoms with Gasteiger partial charge in [-0.2, -0.15) is 0 Å². The van der Waals surface area contributed by atoms with Gasteiger partial charge >= 0.3 is 5.69 Å². The molecule has 0 radical (unpaired) electrons. The molecule has 31 heavy (non-hydrogen) atoms. The summed E-state index contributed by atoms with van der Waals surface area (Å²) in [6, 6.07) is 7.51. The zero-order chi connectivity index (χ0) is 21.8. The highest BCUT2D eigenvalue weighted by molar-refractivity contribution is 5.92. The smallest absolute Gasteiger partial charge is 0.330 e. The van der Waals surface area contributed by atoms with Crippen LogP contribution in [0.15, 0.2) is 35.3 Å². The third kappa shape index (κ3) is 5.27. The van der Waals surface area contributed by atoms with Crippen molar-refractivity contribution in [2.75, 3.05) is 5.32 Å². The van der Waals surface area contributed by atoms with Gasteiger partial charge in [-0.1, -0.05) is 18.9 Å². The van der Waals surface area contributed by atoms with E-state index in [4.69, 9.17) is 0 Å². The lowest BCUT2D eigenvalue weighted by Crippen LogP contribution is -2.40. The van der Waals surface area contributed by atoms with Crippen LogP contribution in [0.1, 0.15) is 63.5 Å². The van der Waals surface area contributed by atoms with Gasteiger partial charge in [0.25, 0.3) is 0 Å². The monoisotopic (exact) mass is 424 g/mol. The van der Waals surface area contributed by atoms with E-state index in [2.05, 4.69) is 15.6 Å². The van der Waals surface area contributed by atoms with Crippen LogP contribution in [0.4, 0.5) is 5.69 Å². The van der Waals surface area contributed by atoms with E-state index < -0.39 is 0 Å². The number of carbonyl (C=O) groups is 2. The fourth-order valence-electron chi connectivity index (χ4n) is 5.01. The molecule has 2 fully saturated rings. The molecule has 1 aromatic heterocycles. The van der Waals surface area contributed by atoms with Gasteiger partial charge in [0.1, 0.15) is 0 Å². The van der Waals surface area contributed by atoms with Gasteiger partial charge in [-0.25, -0.2) is 4.79 Å². The Balaban J connectivity index is 1.28. The number of hydrogen-bond acceptors (Lipinski definition) is 3. The van der Waals surface area contributed by atoms with Crippen molar-refractivity contribution in [2.45, 2.75) is 70.8 Å². The Labute approximate surface area is 182 Å². The first-order chi connectivity index (χ1) is 15.0. The minimum absolute atomic E-state index is 0.00557. The third-order valence-electron chi connectivity index (χ3n) is 6.74. The Bertz CT molecular complexity index is 979. The summed E-state index contributed by atoms with van der Waals surface area (Å²) in [4.78, 5) is 39.8. The Morgan fingerprint density at radius 2 is 1.84 bits per heavy atom. The number of nitrogens with one attached hydrogen (secondary N) is 3. The second-order valence-corrected chi connectivity index (χ2v) is 9.08. The zero-order valence-electron chi connectivity index (χ0n) is 18.2. The summed E-state index contributed by atoms with van der Waals surface area (Å²) in [5.41, 5.74) is 2.01. The molecule has 2 aromatic rings. The first-order valence-electron chi connectivity index (χ1n) is 11.5. The quantitative estimate of drug-likeness (QED) is 0.660. The first-order valence-corrected chi connectivity index (χ1v) is 11.5. The summed E-state index contributed by atoms with van der Waals surface area (Å²) in [5, 5.41) is 6.19. The molecule has 2 aliphatic rings. The number of imidazole rings is 1. The number of rotatable bonds is 6. The Morgan fingerprint density at radius 3 is 2.52 bits per heavy atom. The molecule has 0 spiro atoms. The number of hydrogen-bond donors (Lipinski definition) is 3. The molecule has 0 atom stereocenters. The van der Waals surface area contributed by atoms with Crippen molar-refractivity contribution in [3.63, 3.8) is 0 Å². The van der Waals surface area contributed by atoms with Crippen molar-refractivity contribution in [2.24, 2.45) is 11.8 Å². The molecular weight excluding hydrogens is 392 g/mol. The molecule has 0 unspecified atom stereocenters. The lowest BCUT2D eigenvalue weighted by molar-refractivity contribution is -0.123. The first kappa shape index (κ1) is 21.4. The standard InChI is InChI=1S/C24H32N4O3/c1-16-15-25-24(31)28(16)21-8-4-7-20(14-21)27-23(30)18-9-11-19(12-10-18)26-22(29)13-17-5-2-3-6-17/h4,7-8,14-15,17-19H,2-3,5-6,9-13H2,1H3,(H,25,31)(H,26,29)(H,27,30). The van der Waals surface area contributed by atoms with E-state index in [9.17, 15) is 14.4 Å². The number of aromatic amines is 1.